The number of oxazole rings is 1. The summed E-state index contributed by atoms with van der Waals surface area (Å²) < 4.78 is 17.7. The summed E-state index contributed by atoms with van der Waals surface area (Å²) in [6.07, 6.45) is 0.879. The quantitative estimate of drug-likeness (QED) is 0.544. The highest BCUT2D eigenvalue weighted by Crippen LogP contribution is 2.17. The van der Waals surface area contributed by atoms with Crippen molar-refractivity contribution in [2.45, 2.75) is 26.3 Å². The van der Waals surface area contributed by atoms with Gasteiger partial charge in [0.1, 0.15) is 18.1 Å². The van der Waals surface area contributed by atoms with Crippen LogP contribution in [0.4, 0.5) is 0 Å². The van der Waals surface area contributed by atoms with E-state index in [1.807, 2.05) is 49.4 Å². The van der Waals surface area contributed by atoms with E-state index < -0.39 is 5.76 Å². The van der Waals surface area contributed by atoms with Crippen molar-refractivity contribution in [2.75, 3.05) is 19.8 Å². The number of ether oxygens (including phenoxy) is 2. The van der Waals surface area contributed by atoms with Crippen molar-refractivity contribution in [3.8, 4) is 11.5 Å². The van der Waals surface area contributed by atoms with Gasteiger partial charge in [0.15, 0.2) is 5.58 Å². The van der Waals surface area contributed by atoms with Gasteiger partial charge in [0, 0.05) is 13.0 Å². The highest BCUT2D eigenvalue weighted by atomic mass is 16.5. The molecule has 0 atom stereocenters. The Morgan fingerprint density at radius 2 is 1.79 bits per heavy atom. The number of fused-ring (bicyclic) bond motifs is 1. The summed E-state index contributed by atoms with van der Waals surface area (Å²) in [5.41, 5.74) is 1.31. The first-order valence-electron chi connectivity index (χ1n) is 9.38. The SMILES string of the molecule is CCOc1ccc(OCCNC(=O)CCCn2c(=O)oc3ccccc32)cc1. The number of carbonyl (C=O) groups excluding carboxylic acids is 1. The number of amides is 1. The van der Waals surface area contributed by atoms with Crippen LogP contribution in [0.3, 0.4) is 0 Å². The molecule has 148 valence electrons. The van der Waals surface area contributed by atoms with Crippen LogP contribution in [-0.2, 0) is 11.3 Å². The van der Waals surface area contributed by atoms with Crippen LogP contribution in [0.1, 0.15) is 19.8 Å². The number of aryl methyl sites for hydroxylation is 1. The Bertz CT molecular complexity index is 959. The van der Waals surface area contributed by atoms with Gasteiger partial charge in [-0.15, -0.1) is 0 Å². The van der Waals surface area contributed by atoms with Crippen molar-refractivity contribution in [1.82, 2.24) is 9.88 Å². The first-order valence-corrected chi connectivity index (χ1v) is 9.38. The molecule has 1 amide bonds. The molecule has 3 aromatic rings. The number of benzene rings is 2. The summed E-state index contributed by atoms with van der Waals surface area (Å²) in [6, 6.07) is 14.6. The van der Waals surface area contributed by atoms with Gasteiger partial charge in [-0.25, -0.2) is 4.79 Å². The molecule has 0 unspecified atom stereocenters. The van der Waals surface area contributed by atoms with E-state index in [0.29, 0.717) is 44.7 Å². The van der Waals surface area contributed by atoms with Crippen molar-refractivity contribution in [1.29, 1.82) is 0 Å². The van der Waals surface area contributed by atoms with Gasteiger partial charge in [-0.05, 0) is 49.7 Å². The fourth-order valence-electron chi connectivity index (χ4n) is 2.87. The summed E-state index contributed by atoms with van der Waals surface area (Å²) in [6.45, 7) is 3.79. The molecule has 1 aromatic heterocycles. The van der Waals surface area contributed by atoms with Gasteiger partial charge < -0.3 is 19.2 Å². The third kappa shape index (κ3) is 5.16. The maximum Gasteiger partial charge on any atom is 0.419 e. The predicted molar refractivity (Wildman–Crippen MR) is 106 cm³/mol. The van der Waals surface area contributed by atoms with Crippen LogP contribution in [-0.4, -0.2) is 30.2 Å². The Kier molecular flexibility index (Phi) is 6.73. The van der Waals surface area contributed by atoms with E-state index in [1.54, 1.807) is 10.6 Å². The van der Waals surface area contributed by atoms with Crippen LogP contribution in [0.2, 0.25) is 0 Å². The summed E-state index contributed by atoms with van der Waals surface area (Å²) in [5, 5.41) is 2.82. The Labute approximate surface area is 162 Å². The fraction of sp³-hybridized carbons (Fsp3) is 0.333. The first-order chi connectivity index (χ1) is 13.7. The lowest BCUT2D eigenvalue weighted by Crippen LogP contribution is -2.28. The molecule has 1 heterocycles. The molecule has 0 saturated heterocycles. The molecular weight excluding hydrogens is 360 g/mol. The molecule has 2 aromatic carbocycles. The standard InChI is InChI=1S/C21H24N2O5/c1-2-26-16-9-11-17(12-10-16)27-15-13-22-20(24)8-5-14-23-18-6-3-4-7-19(18)28-21(23)25/h3-4,6-7,9-12H,2,5,8,13-15H2,1H3,(H,22,24). The first kappa shape index (κ1) is 19.5. The lowest BCUT2D eigenvalue weighted by Gasteiger charge is -2.09. The minimum atomic E-state index is -0.398. The number of hydrogen-bond acceptors (Lipinski definition) is 5. The van der Waals surface area contributed by atoms with E-state index in [2.05, 4.69) is 5.32 Å². The average molecular weight is 384 g/mol. The second-order valence-electron chi connectivity index (χ2n) is 6.19. The smallest absolute Gasteiger partial charge is 0.419 e. The minimum Gasteiger partial charge on any atom is -0.494 e. The molecule has 7 nitrogen and oxygen atoms in total. The van der Waals surface area contributed by atoms with Gasteiger partial charge in [-0.3, -0.25) is 9.36 Å². The molecule has 0 aliphatic rings. The second-order valence-corrected chi connectivity index (χ2v) is 6.19. The van der Waals surface area contributed by atoms with E-state index in [-0.39, 0.29) is 5.91 Å². The molecule has 1 N–H and O–H groups in total. The zero-order valence-electron chi connectivity index (χ0n) is 15.8. The Balaban J connectivity index is 1.35. The van der Waals surface area contributed by atoms with Gasteiger partial charge in [0.05, 0.1) is 18.7 Å². The van der Waals surface area contributed by atoms with Gasteiger partial charge in [-0.2, -0.15) is 0 Å². The molecule has 3 rings (SSSR count). The van der Waals surface area contributed by atoms with Crippen molar-refractivity contribution in [3.63, 3.8) is 0 Å². The summed E-state index contributed by atoms with van der Waals surface area (Å²) in [5.74, 6) is 1.05. The minimum absolute atomic E-state index is 0.0730. The van der Waals surface area contributed by atoms with E-state index in [0.717, 1.165) is 17.0 Å². The van der Waals surface area contributed by atoms with Crippen LogP contribution in [0.5, 0.6) is 11.5 Å². The molecule has 0 radical (unpaired) electrons. The van der Waals surface area contributed by atoms with Crippen LogP contribution in [0.15, 0.2) is 57.7 Å². The molecule has 7 heteroatoms. The monoisotopic (exact) mass is 384 g/mol. The molecule has 0 fully saturated rings. The summed E-state index contributed by atoms with van der Waals surface area (Å²) in [7, 11) is 0. The summed E-state index contributed by atoms with van der Waals surface area (Å²) in [4.78, 5) is 23.8. The van der Waals surface area contributed by atoms with Crippen molar-refractivity contribution < 1.29 is 18.7 Å². The number of aromatic nitrogens is 1. The second kappa shape index (κ2) is 9.64. The van der Waals surface area contributed by atoms with E-state index >= 15 is 0 Å². The molecule has 0 saturated carbocycles. The normalized spacial score (nSPS) is 10.8. The number of nitrogens with zero attached hydrogens (tertiary/aromatic N) is 1. The van der Waals surface area contributed by atoms with Crippen molar-refractivity contribution >= 4 is 17.0 Å². The van der Waals surface area contributed by atoms with Crippen LogP contribution >= 0.6 is 0 Å². The number of hydrogen-bond donors (Lipinski definition) is 1. The summed E-state index contributed by atoms with van der Waals surface area (Å²) >= 11 is 0. The topological polar surface area (TPSA) is 82.7 Å². The molecule has 0 aliphatic heterocycles. The zero-order valence-corrected chi connectivity index (χ0v) is 15.8. The predicted octanol–water partition coefficient (Wildman–Crippen LogP) is 2.97. The van der Waals surface area contributed by atoms with Gasteiger partial charge in [0.2, 0.25) is 5.91 Å². The van der Waals surface area contributed by atoms with Gasteiger partial charge >= 0.3 is 5.76 Å². The number of nitrogens with one attached hydrogen (secondary N) is 1. The van der Waals surface area contributed by atoms with Crippen LogP contribution in [0, 0.1) is 0 Å². The molecule has 28 heavy (non-hydrogen) atoms. The Morgan fingerprint density at radius 3 is 2.54 bits per heavy atom. The van der Waals surface area contributed by atoms with Crippen LogP contribution < -0.4 is 20.5 Å². The number of rotatable bonds is 10. The van der Waals surface area contributed by atoms with E-state index in [1.165, 1.54) is 0 Å². The maximum absolute atomic E-state index is 12.0. The molecule has 0 spiro atoms. The highest BCUT2D eigenvalue weighted by molar-refractivity contribution is 5.76. The highest BCUT2D eigenvalue weighted by Gasteiger charge is 2.09. The lowest BCUT2D eigenvalue weighted by molar-refractivity contribution is -0.121. The third-order valence-corrected chi connectivity index (χ3v) is 4.19. The molecule has 0 bridgehead atoms. The largest absolute Gasteiger partial charge is 0.494 e. The van der Waals surface area contributed by atoms with Crippen LogP contribution in [0.25, 0.3) is 11.1 Å². The van der Waals surface area contributed by atoms with Gasteiger partial charge in [0.25, 0.3) is 0 Å². The van der Waals surface area contributed by atoms with E-state index in [4.69, 9.17) is 13.9 Å². The third-order valence-electron chi connectivity index (χ3n) is 4.19. The Hall–Kier alpha value is -3.22. The van der Waals surface area contributed by atoms with Crippen molar-refractivity contribution in [2.24, 2.45) is 0 Å². The maximum atomic E-state index is 12.0. The number of para-hydroxylation sites is 2. The Morgan fingerprint density at radius 1 is 1.07 bits per heavy atom. The van der Waals surface area contributed by atoms with E-state index in [9.17, 15) is 9.59 Å². The average Bonchev–Trinajstić information content (AvgIpc) is 3.02. The zero-order chi connectivity index (χ0) is 19.8. The lowest BCUT2D eigenvalue weighted by atomic mass is 10.2. The molecule has 0 aliphatic carbocycles. The fourth-order valence-corrected chi connectivity index (χ4v) is 2.87. The van der Waals surface area contributed by atoms with Gasteiger partial charge in [-0.1, -0.05) is 12.1 Å². The number of carbonyl (C=O) groups is 1. The molecular formula is C21H24N2O5. The van der Waals surface area contributed by atoms with Crippen molar-refractivity contribution in [3.05, 3.63) is 59.1 Å².